The first-order valence-electron chi connectivity index (χ1n) is 9.56. The van der Waals surface area contributed by atoms with E-state index >= 15 is 0 Å². The summed E-state index contributed by atoms with van der Waals surface area (Å²) in [7, 11) is 0. The third kappa shape index (κ3) is 3.91. The van der Waals surface area contributed by atoms with Gasteiger partial charge in [-0.3, -0.25) is 9.69 Å². The number of fused-ring (bicyclic) bond motifs is 1. The highest BCUT2D eigenvalue weighted by atomic mass is 16.1. The Labute approximate surface area is 155 Å². The van der Waals surface area contributed by atoms with Crippen LogP contribution in [-0.2, 0) is 17.8 Å². The zero-order valence-electron chi connectivity index (χ0n) is 15.2. The van der Waals surface area contributed by atoms with Gasteiger partial charge in [0, 0.05) is 44.8 Å². The quantitative estimate of drug-likeness (QED) is 0.872. The Morgan fingerprint density at radius 3 is 2.31 bits per heavy atom. The molecule has 4 nitrogen and oxygen atoms in total. The van der Waals surface area contributed by atoms with Crippen molar-refractivity contribution in [2.24, 2.45) is 17.6 Å². The molecule has 2 aromatic rings. The van der Waals surface area contributed by atoms with Gasteiger partial charge in [0.2, 0.25) is 5.91 Å². The van der Waals surface area contributed by atoms with Crippen molar-refractivity contribution in [3.05, 3.63) is 65.7 Å². The number of benzene rings is 2. The van der Waals surface area contributed by atoms with E-state index in [4.69, 9.17) is 5.73 Å². The van der Waals surface area contributed by atoms with Crippen LogP contribution in [-0.4, -0.2) is 37.0 Å². The monoisotopic (exact) mass is 349 g/mol. The number of likely N-dealkylation sites (tertiary alicyclic amines) is 1. The van der Waals surface area contributed by atoms with Gasteiger partial charge >= 0.3 is 0 Å². The van der Waals surface area contributed by atoms with Gasteiger partial charge in [-0.15, -0.1) is 0 Å². The van der Waals surface area contributed by atoms with Gasteiger partial charge in [0.15, 0.2) is 0 Å². The number of carbonyl (C=O) groups excluding carboxylic acids is 1. The number of nitrogens with two attached hydrogens (primary N) is 1. The molecule has 0 bridgehead atoms. The van der Waals surface area contributed by atoms with Crippen LogP contribution < -0.4 is 10.6 Å². The van der Waals surface area contributed by atoms with Crippen molar-refractivity contribution in [3.8, 4) is 0 Å². The summed E-state index contributed by atoms with van der Waals surface area (Å²) < 4.78 is 0. The van der Waals surface area contributed by atoms with Crippen LogP contribution in [0.5, 0.6) is 0 Å². The smallest absolute Gasteiger partial charge is 0.217 e. The number of anilines is 1. The highest BCUT2D eigenvalue weighted by Crippen LogP contribution is 2.34. The molecule has 2 aliphatic rings. The molecule has 0 saturated carbocycles. The van der Waals surface area contributed by atoms with Crippen molar-refractivity contribution >= 4 is 11.6 Å². The van der Waals surface area contributed by atoms with Crippen LogP contribution in [0.3, 0.4) is 0 Å². The average Bonchev–Trinajstić information content (AvgIpc) is 3.20. The number of hydrogen-bond acceptors (Lipinski definition) is 3. The number of aryl methyl sites for hydroxylation is 1. The normalized spacial score (nSPS) is 22.5. The molecule has 4 heteroatoms. The maximum Gasteiger partial charge on any atom is 0.217 e. The summed E-state index contributed by atoms with van der Waals surface area (Å²) in [5.41, 5.74) is 9.17. The molecule has 2 aliphatic heterocycles. The summed E-state index contributed by atoms with van der Waals surface area (Å²) in [5, 5.41) is 0. The van der Waals surface area contributed by atoms with Gasteiger partial charge in [0.1, 0.15) is 0 Å². The van der Waals surface area contributed by atoms with Gasteiger partial charge in [-0.05, 0) is 41.5 Å². The zero-order valence-corrected chi connectivity index (χ0v) is 15.2. The molecule has 0 aromatic heterocycles. The van der Waals surface area contributed by atoms with E-state index in [9.17, 15) is 4.79 Å². The first-order chi connectivity index (χ1) is 12.7. The van der Waals surface area contributed by atoms with Crippen LogP contribution in [0.25, 0.3) is 0 Å². The third-order valence-electron chi connectivity index (χ3n) is 5.75. The maximum absolute atomic E-state index is 11.0. The van der Waals surface area contributed by atoms with Crippen LogP contribution in [0.1, 0.15) is 17.5 Å². The molecular weight excluding hydrogens is 322 g/mol. The minimum atomic E-state index is -0.232. The van der Waals surface area contributed by atoms with Crippen molar-refractivity contribution < 1.29 is 4.79 Å². The third-order valence-corrected chi connectivity index (χ3v) is 5.75. The largest absolute Gasteiger partial charge is 0.371 e. The predicted octanol–water partition coefficient (Wildman–Crippen LogP) is 2.67. The molecular formula is C22H27N3O. The van der Waals surface area contributed by atoms with Gasteiger partial charge in [0.05, 0.1) is 0 Å². The van der Waals surface area contributed by atoms with Crippen LogP contribution in [0, 0.1) is 11.8 Å². The van der Waals surface area contributed by atoms with Crippen LogP contribution in [0.4, 0.5) is 5.69 Å². The summed E-state index contributed by atoms with van der Waals surface area (Å²) in [6.07, 6.45) is 1.15. The number of hydrogen-bond donors (Lipinski definition) is 1. The molecule has 26 heavy (non-hydrogen) atoms. The number of amides is 1. The van der Waals surface area contributed by atoms with Crippen molar-refractivity contribution in [2.75, 3.05) is 31.1 Å². The van der Waals surface area contributed by atoms with E-state index < -0.39 is 0 Å². The van der Waals surface area contributed by atoms with Crippen molar-refractivity contribution in [1.29, 1.82) is 0 Å². The average molecular weight is 349 g/mol. The number of primary amides is 1. The molecule has 2 aromatic carbocycles. The zero-order chi connectivity index (χ0) is 17.9. The molecule has 2 saturated heterocycles. The number of rotatable bonds is 6. The molecule has 136 valence electrons. The van der Waals surface area contributed by atoms with E-state index in [1.807, 2.05) is 0 Å². The lowest BCUT2D eigenvalue weighted by atomic mass is 10.0. The van der Waals surface area contributed by atoms with Crippen molar-refractivity contribution in [3.63, 3.8) is 0 Å². The lowest BCUT2D eigenvalue weighted by Crippen LogP contribution is -2.28. The fourth-order valence-corrected chi connectivity index (χ4v) is 4.45. The topological polar surface area (TPSA) is 49.6 Å². The van der Waals surface area contributed by atoms with Crippen molar-refractivity contribution in [2.45, 2.75) is 19.4 Å². The SMILES string of the molecule is NC(=O)CCc1cccc(N2CC3CN(Cc4ccccc4)CC3C2)c1. The van der Waals surface area contributed by atoms with Gasteiger partial charge < -0.3 is 10.6 Å². The van der Waals surface area contributed by atoms with Gasteiger partial charge in [-0.25, -0.2) is 0 Å². The first kappa shape index (κ1) is 17.1. The lowest BCUT2D eigenvalue weighted by molar-refractivity contribution is -0.117. The van der Waals surface area contributed by atoms with Gasteiger partial charge in [-0.2, -0.15) is 0 Å². The Balaban J connectivity index is 1.34. The number of carbonyl (C=O) groups is 1. The van der Waals surface area contributed by atoms with Crippen molar-refractivity contribution in [1.82, 2.24) is 4.90 Å². The molecule has 1 amide bonds. The second-order valence-electron chi connectivity index (χ2n) is 7.74. The minimum absolute atomic E-state index is 0.232. The molecule has 0 radical (unpaired) electrons. The highest BCUT2D eigenvalue weighted by molar-refractivity contribution is 5.74. The molecule has 0 spiro atoms. The lowest BCUT2D eigenvalue weighted by Gasteiger charge is -2.23. The van der Waals surface area contributed by atoms with E-state index in [2.05, 4.69) is 64.4 Å². The summed E-state index contributed by atoms with van der Waals surface area (Å²) in [5.74, 6) is 1.28. The molecule has 0 aliphatic carbocycles. The summed E-state index contributed by atoms with van der Waals surface area (Å²) in [6, 6.07) is 19.4. The molecule has 2 unspecified atom stereocenters. The Kier molecular flexibility index (Phi) is 4.93. The summed E-state index contributed by atoms with van der Waals surface area (Å²) >= 11 is 0. The van der Waals surface area contributed by atoms with Gasteiger partial charge in [-0.1, -0.05) is 42.5 Å². The Hall–Kier alpha value is -2.33. The molecule has 2 atom stereocenters. The molecule has 4 rings (SSSR count). The van der Waals surface area contributed by atoms with Crippen LogP contribution >= 0.6 is 0 Å². The molecule has 2 heterocycles. The summed E-state index contributed by atoms with van der Waals surface area (Å²) in [6.45, 7) is 5.72. The first-order valence-corrected chi connectivity index (χ1v) is 9.56. The van der Waals surface area contributed by atoms with Crippen LogP contribution in [0.15, 0.2) is 54.6 Å². The fraction of sp³-hybridized carbons (Fsp3) is 0.409. The van der Waals surface area contributed by atoms with E-state index in [1.165, 1.54) is 29.9 Å². The van der Waals surface area contributed by atoms with Gasteiger partial charge in [0.25, 0.3) is 0 Å². The minimum Gasteiger partial charge on any atom is -0.371 e. The predicted molar refractivity (Wildman–Crippen MR) is 105 cm³/mol. The Morgan fingerprint density at radius 1 is 0.923 bits per heavy atom. The van der Waals surface area contributed by atoms with Crippen LogP contribution in [0.2, 0.25) is 0 Å². The summed E-state index contributed by atoms with van der Waals surface area (Å²) in [4.78, 5) is 16.1. The Bertz CT molecular complexity index is 747. The second kappa shape index (κ2) is 7.50. The van der Waals surface area contributed by atoms with E-state index in [1.54, 1.807) is 0 Å². The highest BCUT2D eigenvalue weighted by Gasteiger charge is 2.39. The van der Waals surface area contributed by atoms with E-state index in [0.29, 0.717) is 6.42 Å². The number of nitrogens with zero attached hydrogens (tertiary/aromatic N) is 2. The van der Waals surface area contributed by atoms with E-state index in [-0.39, 0.29) is 5.91 Å². The maximum atomic E-state index is 11.0. The molecule has 2 fully saturated rings. The second-order valence-corrected chi connectivity index (χ2v) is 7.74. The van der Waals surface area contributed by atoms with E-state index in [0.717, 1.165) is 37.9 Å². The molecule has 2 N–H and O–H groups in total. The Morgan fingerprint density at radius 2 is 1.62 bits per heavy atom. The fourth-order valence-electron chi connectivity index (χ4n) is 4.45. The standard InChI is InChI=1S/C22H27N3O/c23-22(26)10-9-17-7-4-8-21(11-17)25-15-19-13-24(14-20(19)16-25)12-18-5-2-1-3-6-18/h1-8,11,19-20H,9-10,12-16H2,(H2,23,26).